The summed E-state index contributed by atoms with van der Waals surface area (Å²) in [6.45, 7) is 5.61. The van der Waals surface area contributed by atoms with Gasteiger partial charge in [0.15, 0.2) is 0 Å². The lowest BCUT2D eigenvalue weighted by molar-refractivity contribution is 0.379. The van der Waals surface area contributed by atoms with Crippen LogP contribution < -0.4 is 0 Å². The van der Waals surface area contributed by atoms with Gasteiger partial charge in [-0.1, -0.05) is 55.5 Å². The minimum Gasteiger partial charge on any atom is -0.309 e. The summed E-state index contributed by atoms with van der Waals surface area (Å²) < 4.78 is 0. The Labute approximate surface area is 150 Å². The van der Waals surface area contributed by atoms with E-state index < -0.39 is 0 Å². The highest BCUT2D eigenvalue weighted by atomic mass is 32.1. The number of rotatable bonds is 5. The van der Waals surface area contributed by atoms with Gasteiger partial charge in [-0.05, 0) is 74.1 Å². The summed E-state index contributed by atoms with van der Waals surface area (Å²) in [4.78, 5) is 3.81. The van der Waals surface area contributed by atoms with E-state index in [4.69, 9.17) is 0 Å². The Kier molecular flexibility index (Phi) is 7.48. The zero-order valence-electron chi connectivity index (χ0n) is 15.3. The quantitative estimate of drug-likeness (QED) is 0.524. The van der Waals surface area contributed by atoms with Crippen molar-refractivity contribution >= 4 is 22.1 Å². The van der Waals surface area contributed by atoms with Gasteiger partial charge in [0.2, 0.25) is 0 Å². The predicted molar refractivity (Wildman–Crippen MR) is 109 cm³/mol. The van der Waals surface area contributed by atoms with Crippen LogP contribution in [0, 0.1) is 6.92 Å². The van der Waals surface area contributed by atoms with Crippen molar-refractivity contribution in [2.75, 3.05) is 20.6 Å². The molecule has 0 spiro atoms. The molecule has 0 radical (unpaired) electrons. The lowest BCUT2D eigenvalue weighted by Crippen LogP contribution is -2.15. The summed E-state index contributed by atoms with van der Waals surface area (Å²) in [5.41, 5.74) is 1.35. The Balaban J connectivity index is 0.000000175. The van der Waals surface area contributed by atoms with Crippen molar-refractivity contribution in [2.24, 2.45) is 0 Å². The van der Waals surface area contributed by atoms with Gasteiger partial charge in [-0.15, -0.1) is 11.3 Å². The molecule has 0 aliphatic carbocycles. The molecule has 1 nitrogen and oxygen atoms in total. The van der Waals surface area contributed by atoms with Gasteiger partial charge in [-0.3, -0.25) is 0 Å². The van der Waals surface area contributed by atoms with Crippen molar-refractivity contribution in [1.82, 2.24) is 4.90 Å². The first-order chi connectivity index (χ1) is 11.6. The van der Waals surface area contributed by atoms with Gasteiger partial charge < -0.3 is 4.90 Å². The Morgan fingerprint density at radius 2 is 1.71 bits per heavy atom. The van der Waals surface area contributed by atoms with Gasteiger partial charge in [-0.2, -0.15) is 0 Å². The summed E-state index contributed by atoms with van der Waals surface area (Å²) in [6, 6.07) is 19.2. The van der Waals surface area contributed by atoms with E-state index in [0.717, 1.165) is 5.92 Å². The molecule has 0 N–H and O–H groups in total. The Bertz CT molecular complexity index is 710. The van der Waals surface area contributed by atoms with Crippen molar-refractivity contribution in [2.45, 2.75) is 32.6 Å². The van der Waals surface area contributed by atoms with Gasteiger partial charge in [0.25, 0.3) is 0 Å². The first-order valence-electron chi connectivity index (χ1n) is 8.74. The van der Waals surface area contributed by atoms with Crippen LogP contribution in [0.2, 0.25) is 0 Å². The Hall–Kier alpha value is -1.64. The third-order valence-electron chi connectivity index (χ3n) is 4.37. The van der Waals surface area contributed by atoms with Crippen molar-refractivity contribution in [3.05, 3.63) is 70.4 Å². The van der Waals surface area contributed by atoms with Crippen LogP contribution in [-0.4, -0.2) is 25.5 Å². The molecule has 2 heteroatoms. The van der Waals surface area contributed by atoms with Crippen LogP contribution in [0.1, 0.15) is 36.1 Å². The maximum absolute atomic E-state index is 2.28. The lowest BCUT2D eigenvalue weighted by Gasteiger charge is -2.16. The van der Waals surface area contributed by atoms with Gasteiger partial charge in [0.1, 0.15) is 0 Å². The maximum atomic E-state index is 2.28. The normalized spacial score (nSPS) is 12.0. The molecule has 128 valence electrons. The van der Waals surface area contributed by atoms with Crippen LogP contribution in [-0.2, 0) is 0 Å². The highest BCUT2D eigenvalue weighted by Crippen LogP contribution is 2.27. The fraction of sp³-hybridized carbons (Fsp3) is 0.364. The third kappa shape index (κ3) is 5.47. The van der Waals surface area contributed by atoms with Crippen LogP contribution >= 0.6 is 11.3 Å². The number of hydrogen-bond acceptors (Lipinski definition) is 2. The zero-order chi connectivity index (χ0) is 17.4. The molecule has 3 rings (SSSR count). The minimum absolute atomic E-state index is 0.766. The highest BCUT2D eigenvalue weighted by Gasteiger charge is 2.09. The molecule has 1 heterocycles. The first-order valence-corrected chi connectivity index (χ1v) is 9.62. The smallest absolute Gasteiger partial charge is 0.00765 e. The van der Waals surface area contributed by atoms with Crippen molar-refractivity contribution < 1.29 is 0 Å². The Morgan fingerprint density at radius 3 is 2.33 bits per heavy atom. The second-order valence-electron chi connectivity index (χ2n) is 6.51. The van der Waals surface area contributed by atoms with Crippen LogP contribution in [0.25, 0.3) is 10.8 Å². The van der Waals surface area contributed by atoms with Gasteiger partial charge >= 0.3 is 0 Å². The summed E-state index contributed by atoms with van der Waals surface area (Å²) in [7, 11) is 4.28. The molecule has 0 amide bonds. The predicted octanol–water partition coefficient (Wildman–Crippen LogP) is 6.34. The second kappa shape index (κ2) is 9.61. The molecule has 0 saturated carbocycles. The number of thiophene rings is 1. The summed E-state index contributed by atoms with van der Waals surface area (Å²) >= 11 is 1.89. The third-order valence-corrected chi connectivity index (χ3v) is 5.41. The largest absolute Gasteiger partial charge is 0.309 e. The van der Waals surface area contributed by atoms with Crippen molar-refractivity contribution in [3.8, 4) is 0 Å². The number of aryl methyl sites for hydroxylation is 1. The number of benzene rings is 2. The molecule has 0 fully saturated rings. The topological polar surface area (TPSA) is 3.24 Å². The number of nitrogens with zero attached hydrogens (tertiary/aromatic N) is 1. The molecule has 1 aromatic heterocycles. The van der Waals surface area contributed by atoms with E-state index in [1.807, 2.05) is 11.3 Å². The molecule has 1 unspecified atom stereocenters. The molecule has 0 aliphatic rings. The average Bonchev–Trinajstić information content (AvgIpc) is 3.11. The SMILES string of the molecule is CCC(CCN(C)C)c1cccs1.Cc1cccc2ccccc12. The van der Waals surface area contributed by atoms with Crippen molar-refractivity contribution in [3.63, 3.8) is 0 Å². The zero-order valence-corrected chi connectivity index (χ0v) is 16.1. The molecule has 0 saturated heterocycles. The molecule has 2 aromatic carbocycles. The van der Waals surface area contributed by atoms with Crippen LogP contribution in [0.4, 0.5) is 0 Å². The van der Waals surface area contributed by atoms with E-state index in [1.165, 1.54) is 35.7 Å². The van der Waals surface area contributed by atoms with Crippen LogP contribution in [0.5, 0.6) is 0 Å². The number of hydrogen-bond donors (Lipinski definition) is 0. The maximum Gasteiger partial charge on any atom is 0.00765 e. The van der Waals surface area contributed by atoms with Crippen LogP contribution in [0.15, 0.2) is 60.0 Å². The average molecular weight is 340 g/mol. The molecular weight excluding hydrogens is 310 g/mol. The summed E-state index contributed by atoms with van der Waals surface area (Å²) in [6.07, 6.45) is 2.54. The first kappa shape index (κ1) is 18.7. The van der Waals surface area contributed by atoms with E-state index in [2.05, 4.69) is 92.8 Å². The van der Waals surface area contributed by atoms with Crippen LogP contribution in [0.3, 0.4) is 0 Å². The highest BCUT2D eigenvalue weighted by molar-refractivity contribution is 7.10. The fourth-order valence-electron chi connectivity index (χ4n) is 2.87. The molecule has 0 aliphatic heterocycles. The van der Waals surface area contributed by atoms with Crippen molar-refractivity contribution in [1.29, 1.82) is 0 Å². The summed E-state index contributed by atoms with van der Waals surface area (Å²) in [5.74, 6) is 0.766. The molecule has 24 heavy (non-hydrogen) atoms. The fourth-order valence-corrected chi connectivity index (χ4v) is 3.82. The van der Waals surface area contributed by atoms with E-state index in [1.54, 1.807) is 4.88 Å². The molecule has 1 atom stereocenters. The molecular formula is C22H29NS. The van der Waals surface area contributed by atoms with Gasteiger partial charge in [0.05, 0.1) is 0 Å². The Morgan fingerprint density at radius 1 is 0.958 bits per heavy atom. The summed E-state index contributed by atoms with van der Waals surface area (Å²) in [5, 5.41) is 4.86. The minimum atomic E-state index is 0.766. The van der Waals surface area contributed by atoms with E-state index in [9.17, 15) is 0 Å². The second-order valence-corrected chi connectivity index (χ2v) is 7.49. The van der Waals surface area contributed by atoms with E-state index in [0.29, 0.717) is 0 Å². The molecule has 3 aromatic rings. The monoisotopic (exact) mass is 339 g/mol. The van der Waals surface area contributed by atoms with E-state index in [-0.39, 0.29) is 0 Å². The number of fused-ring (bicyclic) bond motifs is 1. The van der Waals surface area contributed by atoms with Gasteiger partial charge in [0, 0.05) is 4.88 Å². The molecule has 0 bridgehead atoms. The van der Waals surface area contributed by atoms with Gasteiger partial charge in [-0.25, -0.2) is 0 Å². The standard InChI is InChI=1S/C11H19NS.C11H10/c1-4-10(7-8-12(2)3)11-6-5-9-13-11;1-9-5-4-7-10-6-2-3-8-11(9)10/h5-6,9-10H,4,7-8H2,1-3H3;2-8H,1H3. The van der Waals surface area contributed by atoms with E-state index >= 15 is 0 Å². The lowest BCUT2D eigenvalue weighted by atomic mass is 10.0.